The highest BCUT2D eigenvalue weighted by Gasteiger charge is 2.52. The largest absolute Gasteiger partial charge is 0.497 e. The molecule has 30 heavy (non-hydrogen) atoms. The van der Waals surface area contributed by atoms with E-state index in [0.717, 1.165) is 18.3 Å². The highest BCUT2D eigenvalue weighted by atomic mass is 19.4. The number of benzene rings is 1. The van der Waals surface area contributed by atoms with Crippen LogP contribution in [0.3, 0.4) is 0 Å². The summed E-state index contributed by atoms with van der Waals surface area (Å²) in [5.41, 5.74) is -5.47. The Bertz CT molecular complexity index is 837. The van der Waals surface area contributed by atoms with Crippen molar-refractivity contribution in [2.24, 2.45) is 0 Å². The van der Waals surface area contributed by atoms with Gasteiger partial charge in [-0.3, -0.25) is 5.41 Å². The number of rotatable bonds is 6. The zero-order chi connectivity index (χ0) is 23.1. The molecule has 1 saturated heterocycles. The Labute approximate surface area is 171 Å². The summed E-state index contributed by atoms with van der Waals surface area (Å²) in [6, 6.07) is 2.01. The molecule has 0 aromatic heterocycles. The van der Waals surface area contributed by atoms with Crippen molar-refractivity contribution < 1.29 is 36.4 Å². The van der Waals surface area contributed by atoms with E-state index in [1.54, 1.807) is 27.7 Å². The topological polar surface area (TPSA) is 74.6 Å². The minimum atomic E-state index is -5.09. The molecule has 2 rings (SSSR count). The first-order valence-corrected chi connectivity index (χ1v) is 9.20. The average molecular weight is 434 g/mol. The van der Waals surface area contributed by atoms with Crippen molar-refractivity contribution in [3.8, 4) is 0 Å². The fraction of sp³-hybridized carbons (Fsp3) is 0.526. The predicted octanol–water partition coefficient (Wildman–Crippen LogP) is 3.16. The Morgan fingerprint density at radius 3 is 2.17 bits per heavy atom. The molecule has 1 aliphatic heterocycles. The molecule has 0 spiro atoms. The molecule has 11 heteroatoms. The van der Waals surface area contributed by atoms with E-state index < -0.39 is 59.1 Å². The van der Waals surface area contributed by atoms with Crippen LogP contribution in [0, 0.1) is 17.0 Å². The van der Waals surface area contributed by atoms with Gasteiger partial charge in [0.25, 0.3) is 0 Å². The van der Waals surface area contributed by atoms with Crippen LogP contribution in [0.2, 0.25) is 0 Å². The number of aliphatic hydroxyl groups excluding tert-OH is 1. The van der Waals surface area contributed by atoms with E-state index in [1.807, 2.05) is 0 Å². The number of halogens is 5. The molecule has 166 valence electrons. The normalized spacial score (nSPS) is 19.7. The summed E-state index contributed by atoms with van der Waals surface area (Å²) in [5.74, 6) is -3.00. The van der Waals surface area contributed by atoms with Crippen LogP contribution >= 0.6 is 0 Å². The van der Waals surface area contributed by atoms with E-state index in [9.17, 15) is 27.1 Å². The van der Waals surface area contributed by atoms with Gasteiger partial charge in [0.1, 0.15) is 5.71 Å². The lowest BCUT2D eigenvalue weighted by atomic mass is 9.77. The van der Waals surface area contributed by atoms with Gasteiger partial charge in [0, 0.05) is 29.3 Å². The van der Waals surface area contributed by atoms with Gasteiger partial charge in [-0.25, -0.2) is 8.78 Å². The van der Waals surface area contributed by atoms with Gasteiger partial charge in [-0.2, -0.15) is 13.2 Å². The van der Waals surface area contributed by atoms with Gasteiger partial charge >= 0.3 is 13.3 Å². The summed E-state index contributed by atoms with van der Waals surface area (Å²) in [6.45, 7) is 8.10. The summed E-state index contributed by atoms with van der Waals surface area (Å²) < 4.78 is 80.3. The fourth-order valence-electron chi connectivity index (χ4n) is 2.69. The molecule has 1 aromatic carbocycles. The maximum Gasteiger partial charge on any atom is 0.497 e. The molecule has 1 aliphatic rings. The molecule has 0 amide bonds. The van der Waals surface area contributed by atoms with Gasteiger partial charge in [0.15, 0.2) is 11.6 Å². The van der Waals surface area contributed by atoms with Gasteiger partial charge < -0.3 is 19.7 Å². The van der Waals surface area contributed by atoms with Gasteiger partial charge in [0.2, 0.25) is 0 Å². The van der Waals surface area contributed by atoms with Crippen molar-refractivity contribution in [2.75, 3.05) is 6.54 Å². The minimum Gasteiger partial charge on any atom is -0.399 e. The van der Waals surface area contributed by atoms with Crippen LogP contribution in [0.5, 0.6) is 0 Å². The molecule has 0 radical (unpaired) electrons. The monoisotopic (exact) mass is 434 g/mol. The molecule has 3 N–H and O–H groups in total. The molecule has 1 atom stereocenters. The Morgan fingerprint density at radius 2 is 1.70 bits per heavy atom. The van der Waals surface area contributed by atoms with Gasteiger partial charge in [-0.05, 0) is 34.6 Å². The van der Waals surface area contributed by atoms with E-state index >= 15 is 0 Å². The zero-order valence-electron chi connectivity index (χ0n) is 17.2. The van der Waals surface area contributed by atoms with Gasteiger partial charge in [-0.15, -0.1) is 0 Å². The first-order valence-electron chi connectivity index (χ1n) is 9.20. The Balaban J connectivity index is 2.48. The molecule has 1 heterocycles. The lowest BCUT2D eigenvalue weighted by Crippen LogP contribution is -2.41. The lowest BCUT2D eigenvalue weighted by molar-refractivity contribution is -0.0578. The quantitative estimate of drug-likeness (QED) is 0.366. The number of nitrogens with one attached hydrogen (secondary N) is 2. The lowest BCUT2D eigenvalue weighted by Gasteiger charge is -2.32. The maximum absolute atomic E-state index is 14.8. The van der Waals surface area contributed by atoms with E-state index in [4.69, 9.17) is 14.7 Å². The maximum atomic E-state index is 14.8. The number of hydrogen-bond acceptors (Lipinski definition) is 5. The van der Waals surface area contributed by atoms with E-state index in [-0.39, 0.29) is 12.0 Å². The number of aliphatic hydroxyl groups is 1. The van der Waals surface area contributed by atoms with Crippen molar-refractivity contribution in [1.82, 2.24) is 5.32 Å². The van der Waals surface area contributed by atoms with Crippen LogP contribution in [-0.4, -0.2) is 48.0 Å². The van der Waals surface area contributed by atoms with Gasteiger partial charge in [0.05, 0.1) is 17.3 Å². The molecule has 0 aliphatic carbocycles. The van der Waals surface area contributed by atoms with E-state index in [0.29, 0.717) is 0 Å². The number of hydrogen-bond donors (Lipinski definition) is 3. The van der Waals surface area contributed by atoms with E-state index in [1.165, 1.54) is 6.92 Å². The third kappa shape index (κ3) is 4.84. The van der Waals surface area contributed by atoms with Crippen molar-refractivity contribution >= 4 is 23.9 Å². The summed E-state index contributed by atoms with van der Waals surface area (Å²) in [6.07, 6.45) is -5.27. The Kier molecular flexibility index (Phi) is 6.70. The van der Waals surface area contributed by atoms with Crippen molar-refractivity contribution in [3.63, 3.8) is 0 Å². The summed E-state index contributed by atoms with van der Waals surface area (Å²) in [4.78, 5) is 0. The van der Waals surface area contributed by atoms with E-state index in [2.05, 4.69) is 5.32 Å². The van der Waals surface area contributed by atoms with Crippen LogP contribution < -0.4 is 10.8 Å². The molecule has 1 unspecified atom stereocenters. The summed E-state index contributed by atoms with van der Waals surface area (Å²) in [7, 11) is -1.25. The van der Waals surface area contributed by atoms with Crippen LogP contribution in [0.4, 0.5) is 22.0 Å². The van der Waals surface area contributed by atoms with Crippen molar-refractivity contribution in [1.29, 1.82) is 5.41 Å². The second-order valence-electron chi connectivity index (χ2n) is 8.11. The molecule has 5 nitrogen and oxygen atoms in total. The Morgan fingerprint density at radius 1 is 1.17 bits per heavy atom. The Hall–Kier alpha value is -1.98. The third-order valence-corrected chi connectivity index (χ3v) is 5.12. The second-order valence-corrected chi connectivity index (χ2v) is 8.11. The van der Waals surface area contributed by atoms with Crippen LogP contribution in [-0.2, 0) is 9.31 Å². The van der Waals surface area contributed by atoms with Crippen molar-refractivity contribution in [2.45, 2.75) is 58.1 Å². The third-order valence-electron chi connectivity index (χ3n) is 5.12. The highest BCUT2D eigenvalue weighted by molar-refractivity contribution is 6.62. The SMILES string of the molecule is CC(O)CN/C=C(\C(=N)C(F)(F)F)c1ccc(B2OC(C)(C)C(C)(C)O2)c(F)c1F. The molecule has 1 fully saturated rings. The smallest absolute Gasteiger partial charge is 0.399 e. The average Bonchev–Trinajstić information content (AvgIpc) is 2.80. The second kappa shape index (κ2) is 8.28. The first kappa shape index (κ1) is 24.3. The van der Waals surface area contributed by atoms with Crippen LogP contribution in [0.15, 0.2) is 18.3 Å². The minimum absolute atomic E-state index is 0.148. The fourth-order valence-corrected chi connectivity index (χ4v) is 2.69. The van der Waals surface area contributed by atoms with Crippen LogP contribution in [0.25, 0.3) is 5.57 Å². The van der Waals surface area contributed by atoms with Crippen molar-refractivity contribution in [3.05, 3.63) is 35.5 Å². The molecule has 0 bridgehead atoms. The van der Waals surface area contributed by atoms with Gasteiger partial charge in [-0.1, -0.05) is 12.1 Å². The summed E-state index contributed by atoms with van der Waals surface area (Å²) >= 11 is 0. The highest BCUT2D eigenvalue weighted by Crippen LogP contribution is 2.37. The van der Waals surface area contributed by atoms with Crippen LogP contribution in [0.1, 0.15) is 40.2 Å². The molecule has 1 aromatic rings. The number of allylic oxidation sites excluding steroid dienone is 1. The standard InChI is InChI=1S/C19H24BF5N2O3/c1-10(28)8-27-9-12(16(26)19(23,24)25)11-6-7-13(15(22)14(11)21)20-29-17(2,3)18(4,5)30-20/h6-7,9-10,26-28H,8H2,1-5H3/b12-9-,26-16?. The molecule has 0 saturated carbocycles. The molecular weight excluding hydrogens is 410 g/mol. The summed E-state index contributed by atoms with van der Waals surface area (Å²) in [5, 5.41) is 19.0. The zero-order valence-corrected chi connectivity index (χ0v) is 17.2. The number of alkyl halides is 3. The predicted molar refractivity (Wildman–Crippen MR) is 104 cm³/mol. The first-order chi connectivity index (χ1) is 13.6. The molecular formula is C19H24BF5N2O3.